The number of carbonyl (C=O) groups excluding carboxylic acids is 2. The fourth-order valence-electron chi connectivity index (χ4n) is 3.24. The quantitative estimate of drug-likeness (QED) is 0.387. The third-order valence-corrected chi connectivity index (χ3v) is 4.43. The van der Waals surface area contributed by atoms with E-state index in [0.29, 0.717) is 0 Å². The van der Waals surface area contributed by atoms with Crippen LogP contribution in [0, 0.1) is 0 Å². The van der Waals surface area contributed by atoms with E-state index in [1.807, 2.05) is 0 Å². The van der Waals surface area contributed by atoms with Gasteiger partial charge in [0.1, 0.15) is 23.0 Å². The summed E-state index contributed by atoms with van der Waals surface area (Å²) in [4.78, 5) is 36.9. The molecule has 0 saturated heterocycles. The number of aliphatic hydroxyl groups excluding tert-OH is 1. The molecule has 9 heteroatoms. The average Bonchev–Trinajstić information content (AvgIpc) is 2.57. The number of aliphatic hydroxyl groups is 1. The normalized spacial score (nSPS) is 13.8. The van der Waals surface area contributed by atoms with Crippen LogP contribution in [0.3, 0.4) is 0 Å². The van der Waals surface area contributed by atoms with Gasteiger partial charge >= 0.3 is 5.97 Å². The Morgan fingerprint density at radius 3 is 2.11 bits per heavy atom. The monoisotopic (exact) mass is 374 g/mol. The summed E-state index contributed by atoms with van der Waals surface area (Å²) < 4.78 is 0. The minimum Gasteiger partial charge on any atom is -0.508 e. The fraction of sp³-hybridized carbons (Fsp3) is 0.167. The van der Waals surface area contributed by atoms with Crippen LogP contribution in [0.15, 0.2) is 18.2 Å². The van der Waals surface area contributed by atoms with Gasteiger partial charge in [0.25, 0.3) is 0 Å². The topological polar surface area (TPSA) is 173 Å². The highest BCUT2D eigenvalue weighted by atomic mass is 16.4. The van der Waals surface area contributed by atoms with E-state index in [9.17, 15) is 39.9 Å². The molecule has 0 heterocycles. The van der Waals surface area contributed by atoms with Gasteiger partial charge in [0.15, 0.2) is 5.78 Å². The zero-order chi connectivity index (χ0) is 20.0. The van der Waals surface area contributed by atoms with Crippen LogP contribution >= 0.6 is 0 Å². The van der Waals surface area contributed by atoms with E-state index in [1.165, 1.54) is 0 Å². The molecule has 0 saturated carbocycles. The van der Waals surface area contributed by atoms with Gasteiger partial charge in [-0.05, 0) is 18.6 Å². The van der Waals surface area contributed by atoms with Gasteiger partial charge in [-0.2, -0.15) is 0 Å². The van der Waals surface area contributed by atoms with Crippen molar-refractivity contribution in [2.24, 2.45) is 0 Å². The average molecular weight is 374 g/mol. The maximum Gasteiger partial charge on any atom is 0.311 e. The lowest BCUT2D eigenvalue weighted by molar-refractivity contribution is -0.139. The number of aromatic hydroxyl groups is 4. The Morgan fingerprint density at radius 1 is 0.889 bits per heavy atom. The van der Waals surface area contributed by atoms with Gasteiger partial charge in [0.2, 0.25) is 5.78 Å². The van der Waals surface area contributed by atoms with E-state index in [4.69, 9.17) is 5.11 Å². The Hall–Kier alpha value is -3.59. The smallest absolute Gasteiger partial charge is 0.311 e. The van der Waals surface area contributed by atoms with Gasteiger partial charge in [-0.15, -0.1) is 0 Å². The minimum atomic E-state index is -1.53. The highest BCUT2D eigenvalue weighted by Gasteiger charge is 2.38. The van der Waals surface area contributed by atoms with Crippen LogP contribution < -0.4 is 0 Å². The number of phenols is 4. The number of carboxylic acid groups (broad SMARTS) is 1. The number of benzene rings is 2. The van der Waals surface area contributed by atoms with Gasteiger partial charge in [0.05, 0.1) is 22.6 Å². The van der Waals surface area contributed by atoms with Crippen LogP contribution in [0.1, 0.15) is 49.7 Å². The molecule has 27 heavy (non-hydrogen) atoms. The molecular weight excluding hydrogens is 360 g/mol. The zero-order valence-electron chi connectivity index (χ0n) is 13.6. The number of ketones is 2. The lowest BCUT2D eigenvalue weighted by Crippen LogP contribution is -2.23. The lowest BCUT2D eigenvalue weighted by Gasteiger charge is -2.23. The summed E-state index contributed by atoms with van der Waals surface area (Å²) in [5.41, 5.74) is -2.25. The minimum absolute atomic E-state index is 0.318. The van der Waals surface area contributed by atoms with Crippen molar-refractivity contribution in [2.75, 3.05) is 6.61 Å². The molecule has 0 bridgehead atoms. The molecular formula is C18H14O9. The Kier molecular flexibility index (Phi) is 4.24. The molecule has 3 rings (SSSR count). The van der Waals surface area contributed by atoms with Crippen LogP contribution in [0.25, 0.3) is 0 Å². The standard InChI is InChI=1S/C18H14O9/c19-2-1-7(18(26)27)12-11(22)5-9-14(16(12)24)17(25)13-8(15(9)23)3-6(20)4-10(13)21/h3-5,7,19-22,24H,1-2H2,(H,26,27)/t7-/m0/s1. The van der Waals surface area contributed by atoms with Gasteiger partial charge < -0.3 is 30.6 Å². The molecule has 0 aromatic heterocycles. The molecule has 0 amide bonds. The largest absolute Gasteiger partial charge is 0.508 e. The predicted molar refractivity (Wildman–Crippen MR) is 88.5 cm³/mol. The van der Waals surface area contributed by atoms with Crippen LogP contribution in [-0.2, 0) is 4.79 Å². The van der Waals surface area contributed by atoms with Crippen molar-refractivity contribution in [2.45, 2.75) is 12.3 Å². The molecule has 6 N–H and O–H groups in total. The summed E-state index contributed by atoms with van der Waals surface area (Å²) in [6.07, 6.45) is -0.354. The molecule has 0 fully saturated rings. The van der Waals surface area contributed by atoms with Crippen molar-refractivity contribution in [1.29, 1.82) is 0 Å². The van der Waals surface area contributed by atoms with E-state index in [2.05, 4.69) is 0 Å². The van der Waals surface area contributed by atoms with Crippen LogP contribution in [0.4, 0.5) is 0 Å². The Bertz CT molecular complexity index is 1010. The Balaban J connectivity index is 2.31. The molecule has 1 atom stereocenters. The Morgan fingerprint density at radius 2 is 1.52 bits per heavy atom. The van der Waals surface area contributed by atoms with Gasteiger partial charge in [-0.25, -0.2) is 0 Å². The second kappa shape index (κ2) is 6.29. The van der Waals surface area contributed by atoms with Crippen molar-refractivity contribution in [3.05, 3.63) is 46.0 Å². The number of hydrogen-bond donors (Lipinski definition) is 6. The number of aliphatic carboxylic acids is 1. The molecule has 2 aromatic carbocycles. The van der Waals surface area contributed by atoms with E-state index in [0.717, 1.165) is 18.2 Å². The number of carboxylic acids is 1. The van der Waals surface area contributed by atoms with Crippen LogP contribution in [-0.4, -0.2) is 54.8 Å². The molecule has 9 nitrogen and oxygen atoms in total. The lowest BCUT2D eigenvalue weighted by atomic mass is 9.80. The van der Waals surface area contributed by atoms with Crippen molar-refractivity contribution in [3.63, 3.8) is 0 Å². The number of hydrogen-bond acceptors (Lipinski definition) is 8. The van der Waals surface area contributed by atoms with Crippen LogP contribution in [0.2, 0.25) is 0 Å². The van der Waals surface area contributed by atoms with Crippen LogP contribution in [0.5, 0.6) is 23.0 Å². The van der Waals surface area contributed by atoms with Gasteiger partial charge in [-0.1, -0.05) is 0 Å². The summed E-state index contributed by atoms with van der Waals surface area (Å²) in [7, 11) is 0. The van der Waals surface area contributed by atoms with E-state index in [-0.39, 0.29) is 12.0 Å². The molecule has 0 aliphatic heterocycles. The summed E-state index contributed by atoms with van der Waals surface area (Å²) >= 11 is 0. The SMILES string of the molecule is O=C1c2cc(O)cc(O)c2C(=O)c2c1cc(O)c([C@H](CCO)C(=O)O)c2O. The van der Waals surface area contributed by atoms with Crippen molar-refractivity contribution in [3.8, 4) is 23.0 Å². The second-order valence-electron chi connectivity index (χ2n) is 6.03. The third-order valence-electron chi connectivity index (χ3n) is 4.43. The maximum absolute atomic E-state index is 12.8. The molecule has 0 unspecified atom stereocenters. The first kappa shape index (κ1) is 18.2. The van der Waals surface area contributed by atoms with Crippen molar-refractivity contribution < 1.29 is 45.0 Å². The van der Waals surface area contributed by atoms with Gasteiger partial charge in [0, 0.05) is 23.8 Å². The second-order valence-corrected chi connectivity index (χ2v) is 6.03. The highest BCUT2D eigenvalue weighted by molar-refractivity contribution is 6.30. The summed E-state index contributed by atoms with van der Waals surface area (Å²) in [6.45, 7) is -0.567. The molecule has 0 spiro atoms. The molecule has 1 aliphatic carbocycles. The Labute approximate surface area is 151 Å². The molecule has 140 valence electrons. The fourth-order valence-corrected chi connectivity index (χ4v) is 3.24. The maximum atomic E-state index is 12.8. The van der Waals surface area contributed by atoms with Gasteiger partial charge in [-0.3, -0.25) is 14.4 Å². The van der Waals surface area contributed by atoms with E-state index in [1.54, 1.807) is 0 Å². The summed E-state index contributed by atoms with van der Waals surface area (Å²) in [5, 5.41) is 58.6. The van der Waals surface area contributed by atoms with Crippen molar-refractivity contribution >= 4 is 17.5 Å². The summed E-state index contributed by atoms with van der Waals surface area (Å²) in [5.74, 6) is -7.61. The first-order valence-electron chi connectivity index (χ1n) is 7.76. The molecule has 2 aromatic rings. The predicted octanol–water partition coefficient (Wildman–Crippen LogP) is 0.835. The van der Waals surface area contributed by atoms with E-state index >= 15 is 0 Å². The van der Waals surface area contributed by atoms with Crippen molar-refractivity contribution in [1.82, 2.24) is 0 Å². The highest BCUT2D eigenvalue weighted by Crippen LogP contribution is 2.45. The number of carbonyl (C=O) groups is 3. The number of phenolic OH excluding ortho intramolecular Hbond substituents is 4. The zero-order valence-corrected chi connectivity index (χ0v) is 13.6. The number of fused-ring (bicyclic) bond motifs is 2. The number of rotatable bonds is 4. The third kappa shape index (κ3) is 2.64. The first-order valence-corrected chi connectivity index (χ1v) is 7.76. The first-order chi connectivity index (χ1) is 12.7. The molecule has 0 radical (unpaired) electrons. The molecule has 1 aliphatic rings. The van der Waals surface area contributed by atoms with E-state index < -0.39 is 75.3 Å². The summed E-state index contributed by atoms with van der Waals surface area (Å²) in [6, 6.07) is 2.66.